The maximum atomic E-state index is 13.3. The van der Waals surface area contributed by atoms with Crippen LogP contribution in [-0.2, 0) is 11.3 Å². The van der Waals surface area contributed by atoms with Crippen molar-refractivity contribution in [2.45, 2.75) is 32.7 Å². The molecule has 0 atom stereocenters. The Bertz CT molecular complexity index is 1210. The highest BCUT2D eigenvalue weighted by Gasteiger charge is 2.40. The monoisotopic (exact) mass is 476 g/mol. The number of carbonyl (C=O) groups is 2. The molecule has 9 nitrogen and oxygen atoms in total. The van der Waals surface area contributed by atoms with Crippen LogP contribution in [0.2, 0.25) is 0 Å². The van der Waals surface area contributed by atoms with Gasteiger partial charge in [-0.25, -0.2) is 13.8 Å². The predicted octanol–water partition coefficient (Wildman–Crippen LogP) is 3.53. The normalized spacial score (nSPS) is 15.0. The molecular weight excluding hydrogens is 454 g/mol. The third-order valence-corrected chi connectivity index (χ3v) is 6.22. The number of amides is 2. The van der Waals surface area contributed by atoms with Crippen molar-refractivity contribution in [3.05, 3.63) is 46.6 Å². The van der Waals surface area contributed by atoms with Crippen molar-refractivity contribution in [1.29, 1.82) is 0 Å². The third-order valence-electron chi connectivity index (χ3n) is 5.31. The molecule has 4 rings (SSSR count). The molecule has 2 amide bonds. The molecule has 0 bridgehead atoms. The Labute approximate surface area is 192 Å². The number of aryl methyl sites for hydroxylation is 1. The van der Waals surface area contributed by atoms with E-state index in [1.165, 1.54) is 10.9 Å². The number of anilines is 3. The van der Waals surface area contributed by atoms with Gasteiger partial charge in [0.15, 0.2) is 10.9 Å². The highest BCUT2D eigenvalue weighted by molar-refractivity contribution is 7.17. The second kappa shape index (κ2) is 8.77. The molecule has 0 spiro atoms. The molecule has 1 aromatic carbocycles. The Morgan fingerprint density at radius 3 is 2.79 bits per heavy atom. The lowest BCUT2D eigenvalue weighted by molar-refractivity contribution is -0.132. The van der Waals surface area contributed by atoms with Crippen molar-refractivity contribution in [3.8, 4) is 5.75 Å². The minimum atomic E-state index is -2.83. The van der Waals surface area contributed by atoms with Gasteiger partial charge in [0.1, 0.15) is 17.2 Å². The Kier molecular flexibility index (Phi) is 6.02. The van der Waals surface area contributed by atoms with Crippen LogP contribution in [0.25, 0.3) is 0 Å². The summed E-state index contributed by atoms with van der Waals surface area (Å²) in [7, 11) is 0. The van der Waals surface area contributed by atoms with Gasteiger partial charge >= 0.3 is 0 Å². The second-order valence-electron chi connectivity index (χ2n) is 7.83. The Balaban J connectivity index is 1.36. The lowest BCUT2D eigenvalue weighted by Crippen LogP contribution is -2.34. The zero-order valence-corrected chi connectivity index (χ0v) is 18.7. The van der Waals surface area contributed by atoms with Crippen molar-refractivity contribution in [3.63, 3.8) is 0 Å². The Morgan fingerprint density at radius 2 is 2.06 bits per heavy atom. The van der Waals surface area contributed by atoms with Crippen LogP contribution in [-0.4, -0.2) is 55.6 Å². The van der Waals surface area contributed by atoms with E-state index >= 15 is 0 Å². The van der Waals surface area contributed by atoms with E-state index < -0.39 is 18.4 Å². The quantitative estimate of drug-likeness (QED) is 0.502. The number of alkyl halides is 2. The van der Waals surface area contributed by atoms with Gasteiger partial charge < -0.3 is 20.6 Å². The van der Waals surface area contributed by atoms with Crippen LogP contribution >= 0.6 is 11.3 Å². The first-order chi connectivity index (χ1) is 15.6. The number of halogens is 2. The summed E-state index contributed by atoms with van der Waals surface area (Å²) >= 11 is 1.11. The fraction of sp³-hybridized carbons (Fsp3) is 0.333. The van der Waals surface area contributed by atoms with Crippen LogP contribution in [0.15, 0.2) is 30.6 Å². The van der Waals surface area contributed by atoms with Crippen molar-refractivity contribution in [2.24, 2.45) is 0 Å². The standard InChI is InChI=1S/C21H22F2N6O3S/c1-12-3-4-14(30)13(2)18(12)26-19(32)15-9-24-20(33-15)25-16-5-7-29(27-16)10-17(31)28-8-6-21(22,23)11-28/h3-5,7,9,30H,6,8,10-11H2,1-2H3,(H,26,32)(H,24,25,27). The maximum Gasteiger partial charge on any atom is 0.267 e. The molecule has 0 radical (unpaired) electrons. The van der Waals surface area contributed by atoms with E-state index in [0.717, 1.165) is 21.8 Å². The Hall–Kier alpha value is -3.54. The molecule has 0 unspecified atom stereocenters. The van der Waals surface area contributed by atoms with Crippen LogP contribution in [0.3, 0.4) is 0 Å². The minimum absolute atomic E-state index is 0.0316. The number of nitrogens with zero attached hydrogens (tertiary/aromatic N) is 4. The van der Waals surface area contributed by atoms with Crippen molar-refractivity contribution in [1.82, 2.24) is 19.7 Å². The smallest absolute Gasteiger partial charge is 0.267 e. The van der Waals surface area contributed by atoms with E-state index in [-0.39, 0.29) is 31.2 Å². The van der Waals surface area contributed by atoms with E-state index in [9.17, 15) is 23.5 Å². The summed E-state index contributed by atoms with van der Waals surface area (Å²) in [6, 6.07) is 4.91. The molecule has 1 fully saturated rings. The molecule has 0 saturated carbocycles. The summed E-state index contributed by atoms with van der Waals surface area (Å²) in [6.07, 6.45) is 2.65. The van der Waals surface area contributed by atoms with Gasteiger partial charge in [-0.3, -0.25) is 14.3 Å². The molecule has 3 N–H and O–H groups in total. The number of hydrogen-bond acceptors (Lipinski definition) is 7. The number of phenolic OH excluding ortho intramolecular Hbond substituents is 1. The predicted molar refractivity (Wildman–Crippen MR) is 119 cm³/mol. The van der Waals surface area contributed by atoms with Gasteiger partial charge in [0.05, 0.1) is 18.4 Å². The summed E-state index contributed by atoms with van der Waals surface area (Å²) in [6.45, 7) is 2.87. The van der Waals surface area contributed by atoms with E-state index in [1.807, 2.05) is 6.92 Å². The lowest BCUT2D eigenvalue weighted by atomic mass is 10.1. The SMILES string of the molecule is Cc1ccc(O)c(C)c1NC(=O)c1cnc(Nc2ccn(CC(=O)N3CCC(F)(F)C3)n2)s1. The van der Waals surface area contributed by atoms with Crippen molar-refractivity contribution >= 4 is 39.8 Å². The van der Waals surface area contributed by atoms with Crippen LogP contribution in [0.1, 0.15) is 27.2 Å². The summed E-state index contributed by atoms with van der Waals surface area (Å²) in [5, 5.41) is 20.3. The maximum absolute atomic E-state index is 13.3. The molecule has 3 aromatic rings. The zero-order chi connectivity index (χ0) is 23.8. The number of thiazole rings is 1. The third kappa shape index (κ3) is 5.11. The summed E-state index contributed by atoms with van der Waals surface area (Å²) < 4.78 is 28.0. The summed E-state index contributed by atoms with van der Waals surface area (Å²) in [5.41, 5.74) is 1.94. The van der Waals surface area contributed by atoms with Gasteiger partial charge in [-0.2, -0.15) is 5.10 Å². The Morgan fingerprint density at radius 1 is 1.27 bits per heavy atom. The van der Waals surface area contributed by atoms with Crippen LogP contribution in [0.4, 0.5) is 25.4 Å². The van der Waals surface area contributed by atoms with Crippen LogP contribution < -0.4 is 10.6 Å². The lowest BCUT2D eigenvalue weighted by Gasteiger charge is -2.15. The number of rotatable bonds is 6. The van der Waals surface area contributed by atoms with Crippen molar-refractivity contribution in [2.75, 3.05) is 23.7 Å². The van der Waals surface area contributed by atoms with E-state index in [1.54, 1.807) is 31.3 Å². The van der Waals surface area contributed by atoms with Crippen molar-refractivity contribution < 1.29 is 23.5 Å². The molecular formula is C21H22F2N6O3S. The zero-order valence-electron chi connectivity index (χ0n) is 17.9. The van der Waals surface area contributed by atoms with Gasteiger partial charge in [0, 0.05) is 30.8 Å². The average molecular weight is 477 g/mol. The number of likely N-dealkylation sites (tertiary alicyclic amines) is 1. The molecule has 2 aromatic heterocycles. The fourth-order valence-electron chi connectivity index (χ4n) is 3.45. The van der Waals surface area contributed by atoms with Gasteiger partial charge in [-0.1, -0.05) is 17.4 Å². The highest BCUT2D eigenvalue weighted by atomic mass is 32.1. The van der Waals surface area contributed by atoms with Gasteiger partial charge in [0.2, 0.25) is 5.91 Å². The number of aromatic hydroxyl groups is 1. The second-order valence-corrected chi connectivity index (χ2v) is 8.86. The summed E-state index contributed by atoms with van der Waals surface area (Å²) in [5.74, 6) is -3.13. The van der Waals surface area contributed by atoms with Gasteiger partial charge in [0.25, 0.3) is 11.8 Å². The first-order valence-electron chi connectivity index (χ1n) is 10.1. The van der Waals surface area contributed by atoms with Crippen LogP contribution in [0.5, 0.6) is 5.75 Å². The van der Waals surface area contributed by atoms with E-state index in [0.29, 0.717) is 27.1 Å². The van der Waals surface area contributed by atoms with E-state index in [2.05, 4.69) is 20.7 Å². The molecule has 1 aliphatic rings. The molecule has 1 saturated heterocycles. The number of carbonyl (C=O) groups excluding carboxylic acids is 2. The molecule has 3 heterocycles. The highest BCUT2D eigenvalue weighted by Crippen LogP contribution is 2.30. The summed E-state index contributed by atoms with van der Waals surface area (Å²) in [4.78, 5) is 30.5. The number of benzene rings is 1. The fourth-order valence-corrected chi connectivity index (χ4v) is 4.17. The number of aromatic nitrogens is 3. The first-order valence-corrected chi connectivity index (χ1v) is 11.0. The average Bonchev–Trinajstić information content (AvgIpc) is 3.49. The van der Waals surface area contributed by atoms with Gasteiger partial charge in [-0.05, 0) is 25.5 Å². The molecule has 1 aliphatic heterocycles. The van der Waals surface area contributed by atoms with Gasteiger partial charge in [-0.15, -0.1) is 0 Å². The largest absolute Gasteiger partial charge is 0.508 e. The van der Waals surface area contributed by atoms with E-state index in [4.69, 9.17) is 0 Å². The first kappa shape index (κ1) is 22.6. The molecule has 174 valence electrons. The van der Waals surface area contributed by atoms with Crippen LogP contribution in [0, 0.1) is 13.8 Å². The molecule has 33 heavy (non-hydrogen) atoms. The number of nitrogens with one attached hydrogen (secondary N) is 2. The topological polar surface area (TPSA) is 112 Å². The number of hydrogen-bond donors (Lipinski definition) is 3. The molecule has 0 aliphatic carbocycles. The molecule has 12 heteroatoms. The number of phenols is 1. The minimum Gasteiger partial charge on any atom is -0.508 e.